The van der Waals surface area contributed by atoms with Crippen LogP contribution in [0.1, 0.15) is 10.4 Å². The molecule has 0 fully saturated rings. The quantitative estimate of drug-likeness (QED) is 0.767. The highest BCUT2D eigenvalue weighted by Gasteiger charge is 2.12. The van der Waals surface area contributed by atoms with Gasteiger partial charge in [0, 0.05) is 28.2 Å². The second kappa shape index (κ2) is 6.11. The average molecular weight is 360 g/mol. The van der Waals surface area contributed by atoms with Crippen LogP contribution in [-0.4, -0.2) is 15.5 Å². The molecule has 1 heterocycles. The van der Waals surface area contributed by atoms with E-state index in [1.54, 1.807) is 30.7 Å². The molecule has 0 saturated carbocycles. The van der Waals surface area contributed by atoms with Crippen LogP contribution in [0.3, 0.4) is 0 Å². The number of hydrogen-bond acceptors (Lipinski definition) is 2. The van der Waals surface area contributed by atoms with Gasteiger partial charge in [-0.2, -0.15) is 0 Å². The number of halogens is 2. The second-order valence-electron chi connectivity index (χ2n) is 4.60. The van der Waals surface area contributed by atoms with Gasteiger partial charge in [-0.15, -0.1) is 0 Å². The molecule has 2 aromatic carbocycles. The molecule has 1 aromatic heterocycles. The van der Waals surface area contributed by atoms with Crippen LogP contribution in [0.5, 0.6) is 0 Å². The maximum Gasteiger partial charge on any atom is 0.258 e. The minimum absolute atomic E-state index is 0.00175. The van der Waals surface area contributed by atoms with E-state index in [1.165, 1.54) is 12.1 Å². The van der Waals surface area contributed by atoms with Crippen molar-refractivity contribution in [1.29, 1.82) is 0 Å². The lowest BCUT2D eigenvalue weighted by Gasteiger charge is -2.08. The summed E-state index contributed by atoms with van der Waals surface area (Å²) in [6, 6.07) is 11.5. The number of benzene rings is 2. The van der Waals surface area contributed by atoms with Crippen LogP contribution >= 0.6 is 15.9 Å². The average Bonchev–Trinajstić information content (AvgIpc) is 3.02. The minimum atomic E-state index is -0.568. The van der Waals surface area contributed by atoms with Crippen molar-refractivity contribution in [2.45, 2.75) is 0 Å². The fourth-order valence-corrected chi connectivity index (χ4v) is 2.33. The van der Waals surface area contributed by atoms with E-state index in [0.717, 1.165) is 5.69 Å². The lowest BCUT2D eigenvalue weighted by atomic mass is 10.2. The lowest BCUT2D eigenvalue weighted by molar-refractivity contribution is 0.102. The van der Waals surface area contributed by atoms with Crippen LogP contribution in [0.2, 0.25) is 0 Å². The summed E-state index contributed by atoms with van der Waals surface area (Å²) in [5, 5.41) is 2.67. The van der Waals surface area contributed by atoms with E-state index in [2.05, 4.69) is 26.2 Å². The van der Waals surface area contributed by atoms with Crippen molar-refractivity contribution in [3.8, 4) is 5.69 Å². The van der Waals surface area contributed by atoms with Gasteiger partial charge in [-0.3, -0.25) is 4.79 Å². The molecule has 1 amide bonds. The lowest BCUT2D eigenvalue weighted by Crippen LogP contribution is -2.13. The van der Waals surface area contributed by atoms with E-state index in [-0.39, 0.29) is 5.56 Å². The first-order valence-electron chi connectivity index (χ1n) is 6.48. The van der Waals surface area contributed by atoms with Crippen LogP contribution in [0.15, 0.2) is 65.7 Å². The number of imidazole rings is 1. The molecule has 0 aliphatic rings. The molecule has 22 heavy (non-hydrogen) atoms. The van der Waals surface area contributed by atoms with Gasteiger partial charge in [0.05, 0.1) is 11.9 Å². The summed E-state index contributed by atoms with van der Waals surface area (Å²) in [7, 11) is 0. The number of anilines is 1. The van der Waals surface area contributed by atoms with Crippen LogP contribution in [0.25, 0.3) is 5.69 Å². The number of carbonyl (C=O) groups excluding carboxylic acids is 1. The zero-order chi connectivity index (χ0) is 15.5. The zero-order valence-corrected chi connectivity index (χ0v) is 12.9. The fraction of sp³-hybridized carbons (Fsp3) is 0. The maximum absolute atomic E-state index is 13.8. The van der Waals surface area contributed by atoms with E-state index in [0.29, 0.717) is 10.2 Å². The van der Waals surface area contributed by atoms with Gasteiger partial charge in [-0.25, -0.2) is 9.37 Å². The Morgan fingerprint density at radius 3 is 2.59 bits per heavy atom. The summed E-state index contributed by atoms with van der Waals surface area (Å²) in [5.41, 5.74) is 1.52. The van der Waals surface area contributed by atoms with Crippen molar-refractivity contribution in [2.24, 2.45) is 0 Å². The molecule has 0 unspecified atom stereocenters. The third kappa shape index (κ3) is 3.07. The molecule has 1 N–H and O–H groups in total. The number of nitrogens with one attached hydrogen (secondary N) is 1. The van der Waals surface area contributed by atoms with Gasteiger partial charge < -0.3 is 9.88 Å². The van der Waals surface area contributed by atoms with Gasteiger partial charge in [0.2, 0.25) is 0 Å². The van der Waals surface area contributed by atoms with Crippen molar-refractivity contribution in [3.05, 3.63) is 77.0 Å². The molecule has 4 nitrogen and oxygen atoms in total. The van der Waals surface area contributed by atoms with E-state index in [4.69, 9.17) is 0 Å². The van der Waals surface area contributed by atoms with Gasteiger partial charge in [0.25, 0.3) is 5.91 Å². The van der Waals surface area contributed by atoms with Crippen molar-refractivity contribution in [1.82, 2.24) is 9.55 Å². The van der Waals surface area contributed by atoms with Crippen molar-refractivity contribution < 1.29 is 9.18 Å². The van der Waals surface area contributed by atoms with Gasteiger partial charge in [0.1, 0.15) is 5.82 Å². The molecule has 0 atom stereocenters. The summed E-state index contributed by atoms with van der Waals surface area (Å²) in [4.78, 5) is 16.1. The van der Waals surface area contributed by atoms with E-state index >= 15 is 0 Å². The molecular formula is C16H11BrFN3O. The number of rotatable bonds is 3. The first-order valence-corrected chi connectivity index (χ1v) is 7.27. The molecule has 0 bridgehead atoms. The van der Waals surface area contributed by atoms with E-state index in [1.807, 2.05) is 22.9 Å². The third-order valence-corrected chi connectivity index (χ3v) is 3.60. The van der Waals surface area contributed by atoms with E-state index < -0.39 is 11.7 Å². The molecule has 3 rings (SSSR count). The molecule has 6 heteroatoms. The Morgan fingerprint density at radius 1 is 1.18 bits per heavy atom. The first-order chi connectivity index (χ1) is 10.6. The Bertz CT molecular complexity index is 801. The van der Waals surface area contributed by atoms with Crippen LogP contribution in [0, 0.1) is 5.82 Å². The van der Waals surface area contributed by atoms with Gasteiger partial charge >= 0.3 is 0 Å². The number of nitrogens with zero attached hydrogens (tertiary/aromatic N) is 2. The normalized spacial score (nSPS) is 10.5. The Balaban J connectivity index is 1.77. The Kier molecular flexibility index (Phi) is 4.02. The summed E-state index contributed by atoms with van der Waals surface area (Å²) in [6.07, 6.45) is 5.20. The number of carbonyl (C=O) groups is 1. The van der Waals surface area contributed by atoms with Crippen molar-refractivity contribution >= 4 is 27.5 Å². The predicted molar refractivity (Wildman–Crippen MR) is 85.6 cm³/mol. The Labute approximate surface area is 134 Å². The summed E-state index contributed by atoms with van der Waals surface area (Å²) in [5.74, 6) is -1.05. The summed E-state index contributed by atoms with van der Waals surface area (Å²) in [6.45, 7) is 0. The van der Waals surface area contributed by atoms with Crippen molar-refractivity contribution in [3.63, 3.8) is 0 Å². The third-order valence-electron chi connectivity index (χ3n) is 3.10. The summed E-state index contributed by atoms with van der Waals surface area (Å²) < 4.78 is 16.2. The second-order valence-corrected chi connectivity index (χ2v) is 5.51. The highest BCUT2D eigenvalue weighted by molar-refractivity contribution is 9.10. The maximum atomic E-state index is 13.8. The minimum Gasteiger partial charge on any atom is -0.322 e. The zero-order valence-electron chi connectivity index (χ0n) is 11.3. The summed E-state index contributed by atoms with van der Waals surface area (Å²) >= 11 is 3.16. The first kappa shape index (κ1) is 14.5. The van der Waals surface area contributed by atoms with Crippen LogP contribution in [-0.2, 0) is 0 Å². The molecule has 0 saturated heterocycles. The fourth-order valence-electron chi connectivity index (χ4n) is 2.00. The number of aromatic nitrogens is 2. The Morgan fingerprint density at radius 2 is 1.95 bits per heavy atom. The highest BCUT2D eigenvalue weighted by Crippen LogP contribution is 2.18. The van der Waals surface area contributed by atoms with Gasteiger partial charge in [0.15, 0.2) is 0 Å². The standard InChI is InChI=1S/C16H11BrFN3O/c17-11-1-6-14(15(18)9-11)16(22)20-12-2-4-13(5-3-12)21-8-7-19-10-21/h1-10H,(H,20,22). The van der Waals surface area contributed by atoms with Gasteiger partial charge in [-0.05, 0) is 42.5 Å². The topological polar surface area (TPSA) is 46.9 Å². The van der Waals surface area contributed by atoms with Crippen molar-refractivity contribution in [2.75, 3.05) is 5.32 Å². The molecular weight excluding hydrogens is 349 g/mol. The SMILES string of the molecule is O=C(Nc1ccc(-n2ccnc2)cc1)c1ccc(Br)cc1F. The van der Waals surface area contributed by atoms with Crippen LogP contribution in [0.4, 0.5) is 10.1 Å². The molecule has 0 aliphatic heterocycles. The van der Waals surface area contributed by atoms with E-state index in [9.17, 15) is 9.18 Å². The molecule has 3 aromatic rings. The monoisotopic (exact) mass is 359 g/mol. The molecule has 0 radical (unpaired) electrons. The van der Waals surface area contributed by atoms with Crippen LogP contribution < -0.4 is 5.32 Å². The number of hydrogen-bond donors (Lipinski definition) is 1. The molecule has 0 aliphatic carbocycles. The number of amides is 1. The highest BCUT2D eigenvalue weighted by atomic mass is 79.9. The smallest absolute Gasteiger partial charge is 0.258 e. The van der Waals surface area contributed by atoms with Gasteiger partial charge in [-0.1, -0.05) is 15.9 Å². The molecule has 0 spiro atoms. The largest absolute Gasteiger partial charge is 0.322 e. The Hall–Kier alpha value is -2.47. The molecule has 110 valence electrons. The predicted octanol–water partition coefficient (Wildman–Crippen LogP) is 4.03.